The minimum absolute atomic E-state index is 0.202. The molecule has 0 heterocycles. The molecular formula is C25H30N2O. The molecule has 3 aliphatic rings. The van der Waals surface area contributed by atoms with E-state index >= 15 is 0 Å². The molecule has 3 aliphatic carbocycles. The SMILES string of the molecule is O[C@]12CCCC[C@@H]1[C@H](c1ccccc1)[C@@H]1CCC[C@H]2/C1=N\Nc1ccccc1. The monoisotopic (exact) mass is 374 g/mol. The van der Waals surface area contributed by atoms with Crippen molar-refractivity contribution < 1.29 is 5.11 Å². The molecule has 2 aromatic rings. The maximum Gasteiger partial charge on any atom is 0.0762 e. The Morgan fingerprint density at radius 3 is 2.39 bits per heavy atom. The van der Waals surface area contributed by atoms with E-state index in [9.17, 15) is 5.11 Å². The van der Waals surface area contributed by atoms with Gasteiger partial charge in [-0.15, -0.1) is 0 Å². The van der Waals surface area contributed by atoms with Crippen molar-refractivity contribution in [3.05, 3.63) is 66.2 Å². The van der Waals surface area contributed by atoms with Gasteiger partial charge in [-0.3, -0.25) is 5.43 Å². The first-order valence-electron chi connectivity index (χ1n) is 10.9. The first kappa shape index (κ1) is 17.9. The van der Waals surface area contributed by atoms with E-state index in [1.807, 2.05) is 18.2 Å². The molecular weight excluding hydrogens is 344 g/mol. The highest BCUT2D eigenvalue weighted by Gasteiger charge is 2.58. The molecule has 0 saturated heterocycles. The van der Waals surface area contributed by atoms with E-state index in [1.165, 1.54) is 30.5 Å². The Morgan fingerprint density at radius 2 is 1.61 bits per heavy atom. The summed E-state index contributed by atoms with van der Waals surface area (Å²) in [6.07, 6.45) is 7.88. The Hall–Kier alpha value is -2.13. The summed E-state index contributed by atoms with van der Waals surface area (Å²) < 4.78 is 0. The van der Waals surface area contributed by atoms with Gasteiger partial charge in [0.25, 0.3) is 0 Å². The fourth-order valence-electron chi connectivity index (χ4n) is 6.32. The summed E-state index contributed by atoms with van der Waals surface area (Å²) in [5.74, 6) is 1.36. The molecule has 0 spiro atoms. The molecule has 0 aliphatic heterocycles. The lowest BCUT2D eigenvalue weighted by Gasteiger charge is -2.57. The predicted molar refractivity (Wildman–Crippen MR) is 114 cm³/mol. The third kappa shape index (κ3) is 2.97. The zero-order valence-corrected chi connectivity index (χ0v) is 16.4. The number of para-hydroxylation sites is 1. The second-order valence-electron chi connectivity index (χ2n) is 8.88. The second-order valence-corrected chi connectivity index (χ2v) is 8.88. The number of hydrazone groups is 1. The second kappa shape index (κ2) is 7.36. The third-order valence-corrected chi connectivity index (χ3v) is 7.47. The van der Waals surface area contributed by atoms with Gasteiger partial charge in [-0.1, -0.05) is 67.8 Å². The first-order valence-corrected chi connectivity index (χ1v) is 10.9. The topological polar surface area (TPSA) is 44.6 Å². The fraction of sp³-hybridized carbons (Fsp3) is 0.480. The van der Waals surface area contributed by atoms with Gasteiger partial charge in [0.2, 0.25) is 0 Å². The van der Waals surface area contributed by atoms with Gasteiger partial charge in [0.15, 0.2) is 0 Å². The van der Waals surface area contributed by atoms with Gasteiger partial charge < -0.3 is 5.11 Å². The number of aliphatic hydroxyl groups is 1. The normalized spacial score (nSPS) is 36.0. The lowest BCUT2D eigenvalue weighted by atomic mass is 9.49. The molecule has 3 nitrogen and oxygen atoms in total. The summed E-state index contributed by atoms with van der Waals surface area (Å²) in [6.45, 7) is 0. The molecule has 3 heteroatoms. The van der Waals surface area contributed by atoms with Crippen molar-refractivity contribution in [2.75, 3.05) is 5.43 Å². The van der Waals surface area contributed by atoms with Crippen LogP contribution in [0.15, 0.2) is 65.8 Å². The zero-order valence-electron chi connectivity index (χ0n) is 16.4. The standard InChI is InChI=1S/C25H30N2O/c28-25-17-8-7-15-21(25)23(18-10-3-1-4-11-18)20-14-9-16-22(25)24(20)27-26-19-12-5-2-6-13-19/h1-6,10-13,20-23,26,28H,7-9,14-17H2/b27-24-/t20-,21+,22-,23+,25+/m0/s1. The number of anilines is 1. The zero-order chi connectivity index (χ0) is 19.0. The molecule has 28 heavy (non-hydrogen) atoms. The lowest BCUT2D eigenvalue weighted by molar-refractivity contribution is -0.110. The van der Waals surface area contributed by atoms with Crippen LogP contribution in [-0.4, -0.2) is 16.4 Å². The van der Waals surface area contributed by atoms with Crippen LogP contribution >= 0.6 is 0 Å². The number of hydrogen-bond acceptors (Lipinski definition) is 3. The maximum atomic E-state index is 12.0. The Bertz CT molecular complexity index is 834. The first-order chi connectivity index (χ1) is 13.8. The van der Waals surface area contributed by atoms with Crippen LogP contribution in [0.3, 0.4) is 0 Å². The molecule has 3 fully saturated rings. The van der Waals surface area contributed by atoms with E-state index in [-0.39, 0.29) is 5.92 Å². The van der Waals surface area contributed by atoms with Crippen molar-refractivity contribution in [1.82, 2.24) is 0 Å². The van der Waals surface area contributed by atoms with Crippen LogP contribution in [0.5, 0.6) is 0 Å². The Labute approximate surface area is 167 Å². The Balaban J connectivity index is 1.57. The van der Waals surface area contributed by atoms with Crippen LogP contribution in [0.2, 0.25) is 0 Å². The van der Waals surface area contributed by atoms with E-state index < -0.39 is 5.60 Å². The van der Waals surface area contributed by atoms with E-state index in [0.29, 0.717) is 17.8 Å². The van der Waals surface area contributed by atoms with Crippen LogP contribution in [0.25, 0.3) is 0 Å². The molecule has 5 rings (SSSR count). The molecule has 3 saturated carbocycles. The summed E-state index contributed by atoms with van der Waals surface area (Å²) in [4.78, 5) is 0. The van der Waals surface area contributed by atoms with Crippen LogP contribution in [0.4, 0.5) is 5.69 Å². The minimum Gasteiger partial charge on any atom is -0.389 e. The van der Waals surface area contributed by atoms with Crippen molar-refractivity contribution in [1.29, 1.82) is 0 Å². The van der Waals surface area contributed by atoms with E-state index in [4.69, 9.17) is 5.10 Å². The summed E-state index contributed by atoms with van der Waals surface area (Å²) >= 11 is 0. The lowest BCUT2D eigenvalue weighted by Crippen LogP contribution is -2.60. The van der Waals surface area contributed by atoms with Gasteiger partial charge in [-0.2, -0.15) is 5.10 Å². The van der Waals surface area contributed by atoms with E-state index in [1.54, 1.807) is 0 Å². The highest BCUT2D eigenvalue weighted by Crippen LogP contribution is 2.58. The van der Waals surface area contributed by atoms with Crippen molar-refractivity contribution in [2.24, 2.45) is 22.9 Å². The molecule has 2 N–H and O–H groups in total. The summed E-state index contributed by atoms with van der Waals surface area (Å²) in [5.41, 5.74) is 6.31. The smallest absolute Gasteiger partial charge is 0.0762 e. The minimum atomic E-state index is -0.604. The fourth-order valence-corrected chi connectivity index (χ4v) is 6.32. The highest BCUT2D eigenvalue weighted by atomic mass is 16.3. The largest absolute Gasteiger partial charge is 0.389 e. The van der Waals surface area contributed by atoms with Gasteiger partial charge >= 0.3 is 0 Å². The summed E-state index contributed by atoms with van der Waals surface area (Å²) in [7, 11) is 0. The third-order valence-electron chi connectivity index (χ3n) is 7.47. The summed E-state index contributed by atoms with van der Waals surface area (Å²) in [6, 6.07) is 21.1. The average molecular weight is 375 g/mol. The van der Waals surface area contributed by atoms with Gasteiger partial charge in [-0.05, 0) is 55.2 Å². The van der Waals surface area contributed by atoms with E-state index in [0.717, 1.165) is 31.4 Å². The predicted octanol–water partition coefficient (Wildman–Crippen LogP) is 5.59. The van der Waals surface area contributed by atoms with Crippen molar-refractivity contribution >= 4 is 11.4 Å². The average Bonchev–Trinajstić information content (AvgIpc) is 2.75. The van der Waals surface area contributed by atoms with Crippen molar-refractivity contribution in [2.45, 2.75) is 56.5 Å². The summed E-state index contributed by atoms with van der Waals surface area (Å²) in [5, 5.41) is 16.9. The van der Waals surface area contributed by atoms with Gasteiger partial charge in [0, 0.05) is 17.5 Å². The quantitative estimate of drug-likeness (QED) is 0.688. The van der Waals surface area contributed by atoms with Crippen LogP contribution < -0.4 is 5.43 Å². The number of benzene rings is 2. The van der Waals surface area contributed by atoms with Crippen molar-refractivity contribution in [3.8, 4) is 0 Å². The number of rotatable bonds is 3. The molecule has 2 bridgehead atoms. The molecule has 0 amide bonds. The van der Waals surface area contributed by atoms with Gasteiger partial charge in [0.1, 0.15) is 0 Å². The Kier molecular flexibility index (Phi) is 4.72. The number of nitrogens with zero attached hydrogens (tertiary/aromatic N) is 1. The molecule has 0 radical (unpaired) electrons. The highest BCUT2D eigenvalue weighted by molar-refractivity contribution is 5.93. The van der Waals surface area contributed by atoms with Crippen LogP contribution in [0.1, 0.15) is 56.4 Å². The number of fused-ring (bicyclic) bond motifs is 4. The molecule has 2 aromatic carbocycles. The van der Waals surface area contributed by atoms with Crippen LogP contribution in [0, 0.1) is 17.8 Å². The van der Waals surface area contributed by atoms with Gasteiger partial charge in [0.05, 0.1) is 11.3 Å². The molecule has 146 valence electrons. The molecule has 0 unspecified atom stereocenters. The molecule has 0 aromatic heterocycles. The van der Waals surface area contributed by atoms with Gasteiger partial charge in [-0.25, -0.2) is 0 Å². The maximum absolute atomic E-state index is 12.0. The van der Waals surface area contributed by atoms with Crippen molar-refractivity contribution in [3.63, 3.8) is 0 Å². The number of hydrogen-bond donors (Lipinski definition) is 2. The molecule has 5 atom stereocenters. The van der Waals surface area contributed by atoms with E-state index in [2.05, 4.69) is 47.9 Å². The number of nitrogens with one attached hydrogen (secondary N) is 1. The van der Waals surface area contributed by atoms with Crippen LogP contribution in [-0.2, 0) is 0 Å². The Morgan fingerprint density at radius 1 is 0.857 bits per heavy atom.